The molecule has 3 atom stereocenters. The summed E-state index contributed by atoms with van der Waals surface area (Å²) >= 11 is 0. The predicted molar refractivity (Wildman–Crippen MR) is 70.0 cm³/mol. The molecule has 2 aliphatic heterocycles. The highest BCUT2D eigenvalue weighted by Gasteiger charge is 2.32. The van der Waals surface area contributed by atoms with Gasteiger partial charge in [0.1, 0.15) is 5.78 Å². The second-order valence-electron chi connectivity index (χ2n) is 6.01. The zero-order chi connectivity index (χ0) is 12.4. The van der Waals surface area contributed by atoms with E-state index in [0.717, 1.165) is 18.9 Å². The van der Waals surface area contributed by atoms with Gasteiger partial charge in [0.15, 0.2) is 0 Å². The second-order valence-corrected chi connectivity index (χ2v) is 6.01. The molecule has 2 aliphatic rings. The molecule has 0 spiro atoms. The number of likely N-dealkylation sites (tertiary alicyclic amines) is 2. The lowest BCUT2D eigenvalue weighted by Gasteiger charge is -2.40. The molecule has 0 aromatic rings. The van der Waals surface area contributed by atoms with E-state index >= 15 is 0 Å². The number of carbonyl (C=O) groups is 1. The van der Waals surface area contributed by atoms with E-state index in [2.05, 4.69) is 30.7 Å². The largest absolute Gasteiger partial charge is 0.306 e. The molecule has 0 radical (unpaired) electrons. The summed E-state index contributed by atoms with van der Waals surface area (Å²) in [6, 6.07) is 0.434. The van der Waals surface area contributed by atoms with Crippen LogP contribution in [0.4, 0.5) is 0 Å². The monoisotopic (exact) mass is 238 g/mol. The number of Topliss-reactive ketones (excluding diaryl/α,β-unsaturated/α-hetero) is 1. The van der Waals surface area contributed by atoms with Gasteiger partial charge in [-0.15, -0.1) is 0 Å². The number of nitrogens with zero attached hydrogens (tertiary/aromatic N) is 2. The highest BCUT2D eigenvalue weighted by Crippen LogP contribution is 2.24. The molecule has 17 heavy (non-hydrogen) atoms. The first-order valence-corrected chi connectivity index (χ1v) is 7.03. The van der Waals surface area contributed by atoms with Crippen LogP contribution in [0.5, 0.6) is 0 Å². The lowest BCUT2D eigenvalue weighted by Crippen LogP contribution is -2.50. The fourth-order valence-corrected chi connectivity index (χ4v) is 3.28. The van der Waals surface area contributed by atoms with Gasteiger partial charge in [0, 0.05) is 38.0 Å². The van der Waals surface area contributed by atoms with Crippen molar-refractivity contribution < 1.29 is 4.79 Å². The van der Waals surface area contributed by atoms with Gasteiger partial charge >= 0.3 is 0 Å². The van der Waals surface area contributed by atoms with Gasteiger partial charge < -0.3 is 4.90 Å². The van der Waals surface area contributed by atoms with Gasteiger partial charge in [0.25, 0.3) is 0 Å². The smallest absolute Gasteiger partial charge is 0.138 e. The van der Waals surface area contributed by atoms with Crippen LogP contribution in [-0.2, 0) is 4.79 Å². The summed E-state index contributed by atoms with van der Waals surface area (Å²) in [6.45, 7) is 8.95. The fraction of sp³-hybridized carbons (Fsp3) is 0.929. The van der Waals surface area contributed by atoms with Crippen molar-refractivity contribution in [2.24, 2.45) is 11.8 Å². The van der Waals surface area contributed by atoms with Crippen LogP contribution in [0.2, 0.25) is 0 Å². The van der Waals surface area contributed by atoms with Crippen LogP contribution in [0.15, 0.2) is 0 Å². The number of ketones is 1. The Bertz CT molecular complexity index is 279. The summed E-state index contributed by atoms with van der Waals surface area (Å²) in [4.78, 5) is 16.6. The molecule has 2 rings (SSSR count). The van der Waals surface area contributed by atoms with Crippen LogP contribution >= 0.6 is 0 Å². The first-order chi connectivity index (χ1) is 8.08. The molecule has 2 heterocycles. The van der Waals surface area contributed by atoms with Crippen molar-refractivity contribution in [3.8, 4) is 0 Å². The molecular formula is C14H26N2O. The predicted octanol–water partition coefficient (Wildman–Crippen LogP) is 1.63. The summed E-state index contributed by atoms with van der Waals surface area (Å²) < 4.78 is 0. The lowest BCUT2D eigenvalue weighted by molar-refractivity contribution is -0.128. The molecule has 98 valence electrons. The van der Waals surface area contributed by atoms with Crippen molar-refractivity contribution in [2.75, 3.05) is 33.2 Å². The molecule has 3 nitrogen and oxygen atoms in total. The van der Waals surface area contributed by atoms with Gasteiger partial charge in [0.05, 0.1) is 0 Å². The molecule has 0 aliphatic carbocycles. The van der Waals surface area contributed by atoms with E-state index in [1.165, 1.54) is 32.5 Å². The van der Waals surface area contributed by atoms with Gasteiger partial charge in [-0.25, -0.2) is 0 Å². The minimum absolute atomic E-state index is 0.227. The summed E-state index contributed by atoms with van der Waals surface area (Å²) in [5, 5.41) is 0. The second kappa shape index (κ2) is 5.49. The summed E-state index contributed by atoms with van der Waals surface area (Å²) in [5.74, 6) is 1.48. The third-order valence-electron chi connectivity index (χ3n) is 4.67. The average molecular weight is 238 g/mol. The lowest BCUT2D eigenvalue weighted by atomic mass is 9.89. The normalized spacial score (nSPS) is 37.4. The van der Waals surface area contributed by atoms with Crippen LogP contribution in [0, 0.1) is 11.8 Å². The fourth-order valence-electron chi connectivity index (χ4n) is 3.28. The third kappa shape index (κ3) is 3.08. The molecule has 2 fully saturated rings. The zero-order valence-corrected chi connectivity index (χ0v) is 11.5. The van der Waals surface area contributed by atoms with Crippen molar-refractivity contribution in [2.45, 2.75) is 39.2 Å². The first kappa shape index (κ1) is 13.0. The number of hydrogen-bond donors (Lipinski definition) is 0. The SMILES string of the molecule is CC1C(=O)CCN(CC2CCCN(C)C2)C1C. The Morgan fingerprint density at radius 2 is 2.06 bits per heavy atom. The molecule has 0 saturated carbocycles. The van der Waals surface area contributed by atoms with Crippen molar-refractivity contribution in [1.82, 2.24) is 9.80 Å². The zero-order valence-electron chi connectivity index (χ0n) is 11.5. The Hall–Kier alpha value is -0.410. The Balaban J connectivity index is 1.88. The molecule has 0 N–H and O–H groups in total. The van der Waals surface area contributed by atoms with E-state index in [-0.39, 0.29) is 5.92 Å². The van der Waals surface area contributed by atoms with Crippen molar-refractivity contribution in [3.63, 3.8) is 0 Å². The Morgan fingerprint density at radius 1 is 1.29 bits per heavy atom. The van der Waals surface area contributed by atoms with E-state index in [4.69, 9.17) is 0 Å². The molecule has 0 bridgehead atoms. The van der Waals surface area contributed by atoms with Crippen LogP contribution in [-0.4, -0.2) is 54.9 Å². The van der Waals surface area contributed by atoms with E-state index in [0.29, 0.717) is 11.8 Å². The third-order valence-corrected chi connectivity index (χ3v) is 4.67. The number of carbonyl (C=O) groups excluding carboxylic acids is 1. The van der Waals surface area contributed by atoms with Crippen LogP contribution in [0.1, 0.15) is 33.1 Å². The Morgan fingerprint density at radius 3 is 2.76 bits per heavy atom. The van der Waals surface area contributed by atoms with Gasteiger partial charge in [-0.1, -0.05) is 6.92 Å². The summed E-state index contributed by atoms with van der Waals surface area (Å²) in [5.41, 5.74) is 0. The highest BCUT2D eigenvalue weighted by atomic mass is 16.1. The average Bonchev–Trinajstić information content (AvgIpc) is 2.30. The minimum atomic E-state index is 0.227. The van der Waals surface area contributed by atoms with Gasteiger partial charge in [0.2, 0.25) is 0 Å². The van der Waals surface area contributed by atoms with Crippen molar-refractivity contribution in [1.29, 1.82) is 0 Å². The number of piperidine rings is 2. The van der Waals surface area contributed by atoms with Crippen molar-refractivity contribution in [3.05, 3.63) is 0 Å². The molecule has 0 aromatic carbocycles. The van der Waals surface area contributed by atoms with Gasteiger partial charge in [-0.3, -0.25) is 9.69 Å². The van der Waals surface area contributed by atoms with E-state index in [1.54, 1.807) is 0 Å². The van der Waals surface area contributed by atoms with E-state index in [1.807, 2.05) is 0 Å². The maximum atomic E-state index is 11.7. The summed E-state index contributed by atoms with van der Waals surface area (Å²) in [6.07, 6.45) is 3.45. The molecule has 3 unspecified atom stereocenters. The minimum Gasteiger partial charge on any atom is -0.306 e. The number of hydrogen-bond acceptors (Lipinski definition) is 3. The van der Waals surface area contributed by atoms with E-state index < -0.39 is 0 Å². The Labute approximate surface area is 105 Å². The van der Waals surface area contributed by atoms with Crippen LogP contribution in [0.25, 0.3) is 0 Å². The van der Waals surface area contributed by atoms with Crippen LogP contribution in [0.3, 0.4) is 0 Å². The quantitative estimate of drug-likeness (QED) is 0.730. The standard InChI is InChI=1S/C14H26N2O/c1-11-12(2)16(8-6-14(11)17)10-13-5-4-7-15(3)9-13/h11-13H,4-10H2,1-3H3. The van der Waals surface area contributed by atoms with Crippen LogP contribution < -0.4 is 0 Å². The molecule has 0 aromatic heterocycles. The van der Waals surface area contributed by atoms with Gasteiger partial charge in [-0.05, 0) is 39.3 Å². The Kier molecular flexibility index (Phi) is 4.21. The number of rotatable bonds is 2. The van der Waals surface area contributed by atoms with Gasteiger partial charge in [-0.2, -0.15) is 0 Å². The first-order valence-electron chi connectivity index (χ1n) is 7.03. The van der Waals surface area contributed by atoms with E-state index in [9.17, 15) is 4.79 Å². The van der Waals surface area contributed by atoms with Crippen molar-refractivity contribution >= 4 is 5.78 Å². The topological polar surface area (TPSA) is 23.6 Å². The maximum Gasteiger partial charge on any atom is 0.138 e. The highest BCUT2D eigenvalue weighted by molar-refractivity contribution is 5.82. The molecular weight excluding hydrogens is 212 g/mol. The molecule has 0 amide bonds. The molecule has 3 heteroatoms. The summed E-state index contributed by atoms with van der Waals surface area (Å²) in [7, 11) is 2.22. The maximum absolute atomic E-state index is 11.7. The molecule has 2 saturated heterocycles.